The van der Waals surface area contributed by atoms with E-state index in [-0.39, 0.29) is 17.2 Å². The molecule has 0 bridgehead atoms. The number of nitrogens with zero attached hydrogens (tertiary/aromatic N) is 1. The van der Waals surface area contributed by atoms with Gasteiger partial charge in [-0.1, -0.05) is 26.8 Å². The molecule has 0 aliphatic heterocycles. The smallest absolute Gasteiger partial charge is 0.178 e. The second kappa shape index (κ2) is 3.68. The zero-order valence-corrected chi connectivity index (χ0v) is 10.8. The molecule has 2 aliphatic rings. The molecule has 0 radical (unpaired) electrons. The van der Waals surface area contributed by atoms with E-state index in [0.29, 0.717) is 11.5 Å². The second-order valence-electron chi connectivity index (χ2n) is 6.32. The summed E-state index contributed by atoms with van der Waals surface area (Å²) in [7, 11) is 0. The topological polar surface area (TPSA) is 66.9 Å². The van der Waals surface area contributed by atoms with Crippen molar-refractivity contribution in [3.05, 3.63) is 11.6 Å². The minimum atomic E-state index is -0.436. The Hall–Kier alpha value is -1.14. The van der Waals surface area contributed by atoms with Gasteiger partial charge in [0.25, 0.3) is 0 Å². The average Bonchev–Trinajstić information content (AvgIpc) is 2.23. The average molecular weight is 232 g/mol. The van der Waals surface area contributed by atoms with Crippen molar-refractivity contribution in [2.75, 3.05) is 0 Å². The van der Waals surface area contributed by atoms with E-state index in [4.69, 9.17) is 11.0 Å². The van der Waals surface area contributed by atoms with Crippen molar-refractivity contribution < 1.29 is 4.79 Å². The third-order valence-corrected chi connectivity index (χ3v) is 4.62. The molecule has 0 aromatic heterocycles. The first-order valence-corrected chi connectivity index (χ1v) is 6.24. The van der Waals surface area contributed by atoms with Gasteiger partial charge in [0, 0.05) is 11.5 Å². The van der Waals surface area contributed by atoms with E-state index >= 15 is 0 Å². The van der Waals surface area contributed by atoms with E-state index in [1.807, 2.05) is 19.9 Å². The highest BCUT2D eigenvalue weighted by molar-refractivity contribution is 6.04. The maximum absolute atomic E-state index is 12.2. The van der Waals surface area contributed by atoms with Crippen LogP contribution >= 0.6 is 0 Å². The molecule has 92 valence electrons. The van der Waals surface area contributed by atoms with Gasteiger partial charge in [0.2, 0.25) is 0 Å². The number of allylic oxidation sites excluding steroid dienone is 2. The van der Waals surface area contributed by atoms with E-state index in [9.17, 15) is 4.79 Å². The zero-order valence-electron chi connectivity index (χ0n) is 10.8. The Morgan fingerprint density at radius 3 is 2.65 bits per heavy atom. The van der Waals surface area contributed by atoms with E-state index < -0.39 is 5.41 Å². The Balaban J connectivity index is 2.51. The number of Topliss-reactive ketones (excluding diaryl/α,β-unsaturated/α-hetero) is 1. The lowest BCUT2D eigenvalue weighted by Crippen LogP contribution is -2.51. The molecular formula is C14H20N2O. The number of fused-ring (bicyclic) bond motifs is 1. The third-order valence-electron chi connectivity index (χ3n) is 4.62. The predicted molar refractivity (Wildman–Crippen MR) is 65.9 cm³/mol. The summed E-state index contributed by atoms with van der Waals surface area (Å²) in [6.07, 6.45) is 4.71. The fraction of sp³-hybridized carbons (Fsp3) is 0.714. The number of hydrogen-bond donors (Lipinski definition) is 1. The highest BCUT2D eigenvalue weighted by Gasteiger charge is 2.52. The van der Waals surface area contributed by atoms with Crippen molar-refractivity contribution in [1.29, 1.82) is 5.26 Å². The standard InChI is InChI=1S/C14H20N2O/c1-13(2)11-5-4-10(16)7-14(11,3)6-9(8-15)12(13)17/h6,10-11H,4-5,7,16H2,1-3H3/t10-,11+,14+/m0/s1. The van der Waals surface area contributed by atoms with Crippen LogP contribution in [0.5, 0.6) is 0 Å². The molecule has 1 fully saturated rings. The first-order valence-electron chi connectivity index (χ1n) is 6.24. The van der Waals surface area contributed by atoms with Gasteiger partial charge in [-0.15, -0.1) is 0 Å². The maximum atomic E-state index is 12.2. The van der Waals surface area contributed by atoms with Crippen LogP contribution in [0.3, 0.4) is 0 Å². The van der Waals surface area contributed by atoms with Gasteiger partial charge in [-0.2, -0.15) is 5.26 Å². The molecule has 3 atom stereocenters. The molecule has 0 amide bonds. The summed E-state index contributed by atoms with van der Waals surface area (Å²) in [5, 5.41) is 9.09. The Morgan fingerprint density at radius 2 is 2.06 bits per heavy atom. The molecular weight excluding hydrogens is 212 g/mol. The number of hydrogen-bond acceptors (Lipinski definition) is 3. The summed E-state index contributed by atoms with van der Waals surface area (Å²) in [4.78, 5) is 12.2. The first kappa shape index (κ1) is 12.3. The molecule has 3 heteroatoms. The Bertz CT molecular complexity index is 430. The minimum Gasteiger partial charge on any atom is -0.328 e. The summed E-state index contributed by atoms with van der Waals surface area (Å²) in [6, 6.07) is 2.24. The van der Waals surface area contributed by atoms with E-state index in [1.165, 1.54) is 0 Å². The highest BCUT2D eigenvalue weighted by atomic mass is 16.1. The van der Waals surface area contributed by atoms with Crippen LogP contribution in [-0.2, 0) is 4.79 Å². The molecule has 17 heavy (non-hydrogen) atoms. The summed E-state index contributed by atoms with van der Waals surface area (Å²) in [5.74, 6) is 0.303. The molecule has 0 aromatic carbocycles. The number of rotatable bonds is 0. The van der Waals surface area contributed by atoms with Crippen LogP contribution in [0, 0.1) is 28.1 Å². The third kappa shape index (κ3) is 1.71. The van der Waals surface area contributed by atoms with Crippen molar-refractivity contribution in [1.82, 2.24) is 0 Å². The second-order valence-corrected chi connectivity index (χ2v) is 6.32. The zero-order chi connectivity index (χ0) is 12.8. The fourth-order valence-corrected chi connectivity index (χ4v) is 3.85. The lowest BCUT2D eigenvalue weighted by atomic mass is 9.52. The van der Waals surface area contributed by atoms with Gasteiger partial charge in [0.05, 0.1) is 5.57 Å². The number of nitrogens with two attached hydrogens (primary N) is 1. The molecule has 2 rings (SSSR count). The molecule has 3 nitrogen and oxygen atoms in total. The normalized spacial score (nSPS) is 40.2. The maximum Gasteiger partial charge on any atom is 0.178 e. The highest BCUT2D eigenvalue weighted by Crippen LogP contribution is 2.54. The predicted octanol–water partition coefficient (Wildman–Crippen LogP) is 2.18. The fourth-order valence-electron chi connectivity index (χ4n) is 3.85. The lowest BCUT2D eigenvalue weighted by molar-refractivity contribution is -0.131. The molecule has 1 saturated carbocycles. The van der Waals surface area contributed by atoms with Crippen LogP contribution in [0.4, 0.5) is 0 Å². The Labute approximate surface area is 103 Å². The van der Waals surface area contributed by atoms with Crippen molar-refractivity contribution in [3.63, 3.8) is 0 Å². The van der Waals surface area contributed by atoms with Crippen LogP contribution in [0.25, 0.3) is 0 Å². The van der Waals surface area contributed by atoms with Crippen molar-refractivity contribution in [2.24, 2.45) is 22.5 Å². The molecule has 0 unspecified atom stereocenters. The monoisotopic (exact) mass is 232 g/mol. The summed E-state index contributed by atoms with van der Waals surface area (Å²) in [5.41, 5.74) is 5.83. The lowest BCUT2D eigenvalue weighted by Gasteiger charge is -2.51. The number of carbonyl (C=O) groups is 1. The minimum absolute atomic E-state index is 0.00190. The van der Waals surface area contributed by atoms with Crippen molar-refractivity contribution in [3.8, 4) is 6.07 Å². The van der Waals surface area contributed by atoms with E-state index in [0.717, 1.165) is 19.3 Å². The van der Waals surface area contributed by atoms with Crippen LogP contribution in [0.1, 0.15) is 40.0 Å². The van der Waals surface area contributed by atoms with E-state index in [1.54, 1.807) is 0 Å². The molecule has 0 aromatic rings. The molecule has 2 aliphatic carbocycles. The molecule has 0 saturated heterocycles. The number of carbonyl (C=O) groups excluding carboxylic acids is 1. The van der Waals surface area contributed by atoms with Gasteiger partial charge in [-0.25, -0.2) is 0 Å². The van der Waals surface area contributed by atoms with Crippen LogP contribution in [0.15, 0.2) is 11.6 Å². The van der Waals surface area contributed by atoms with Crippen LogP contribution in [-0.4, -0.2) is 11.8 Å². The van der Waals surface area contributed by atoms with Gasteiger partial charge in [0.15, 0.2) is 5.78 Å². The Kier molecular flexibility index (Phi) is 2.67. The van der Waals surface area contributed by atoms with Gasteiger partial charge in [-0.05, 0) is 30.6 Å². The van der Waals surface area contributed by atoms with Gasteiger partial charge >= 0.3 is 0 Å². The van der Waals surface area contributed by atoms with Gasteiger partial charge < -0.3 is 5.73 Å². The largest absolute Gasteiger partial charge is 0.328 e. The van der Waals surface area contributed by atoms with Gasteiger partial charge in [-0.3, -0.25) is 4.79 Å². The SMILES string of the molecule is CC1(C)C(=O)C(C#N)=C[C@]2(C)C[C@@H](N)CC[C@H]12. The number of nitriles is 1. The van der Waals surface area contributed by atoms with Crippen molar-refractivity contribution in [2.45, 2.75) is 46.1 Å². The summed E-state index contributed by atoms with van der Waals surface area (Å²) < 4.78 is 0. The number of ketones is 1. The van der Waals surface area contributed by atoms with E-state index in [2.05, 4.69) is 13.0 Å². The molecule has 0 heterocycles. The first-order chi connectivity index (χ1) is 7.81. The Morgan fingerprint density at radius 1 is 1.41 bits per heavy atom. The van der Waals surface area contributed by atoms with Crippen molar-refractivity contribution >= 4 is 5.78 Å². The summed E-state index contributed by atoms with van der Waals surface area (Å²) in [6.45, 7) is 6.08. The van der Waals surface area contributed by atoms with Gasteiger partial charge in [0.1, 0.15) is 6.07 Å². The quantitative estimate of drug-likeness (QED) is 0.696. The molecule has 0 spiro atoms. The molecule has 2 N–H and O–H groups in total. The summed E-state index contributed by atoms with van der Waals surface area (Å²) >= 11 is 0. The van der Waals surface area contributed by atoms with Crippen LogP contribution in [0.2, 0.25) is 0 Å². The van der Waals surface area contributed by atoms with Crippen LogP contribution < -0.4 is 5.73 Å².